The second-order valence-electron chi connectivity index (χ2n) is 3.51. The molecule has 0 bridgehead atoms. The monoisotopic (exact) mass is 257 g/mol. The maximum absolute atomic E-state index is 11.3. The van der Waals surface area contributed by atoms with E-state index in [4.69, 9.17) is 16.3 Å². The first kappa shape index (κ1) is 13.8. The molecule has 0 saturated carbocycles. The molecule has 94 valence electrons. The van der Waals surface area contributed by atoms with E-state index in [9.17, 15) is 4.79 Å². The van der Waals surface area contributed by atoms with Gasteiger partial charge in [0.1, 0.15) is 5.75 Å². The Hall–Kier alpha value is -1.26. The van der Waals surface area contributed by atoms with Crippen LogP contribution in [0.15, 0.2) is 18.2 Å². The van der Waals surface area contributed by atoms with Crippen LogP contribution in [0.25, 0.3) is 0 Å². The molecule has 1 aromatic carbocycles. The number of carbonyl (C=O) groups is 1. The van der Waals surface area contributed by atoms with Crippen LogP contribution in [0.2, 0.25) is 5.02 Å². The number of halogens is 1. The summed E-state index contributed by atoms with van der Waals surface area (Å²) in [6, 6.07) is 5.20. The lowest BCUT2D eigenvalue weighted by Gasteiger charge is -2.17. The van der Waals surface area contributed by atoms with Gasteiger partial charge in [-0.05, 0) is 24.7 Å². The van der Waals surface area contributed by atoms with Gasteiger partial charge in [0.2, 0.25) is 0 Å². The average Bonchev–Trinajstić information content (AvgIpc) is 2.35. The van der Waals surface area contributed by atoms with Gasteiger partial charge >= 0.3 is 5.97 Å². The van der Waals surface area contributed by atoms with Crippen LogP contribution in [0, 0.1) is 0 Å². The van der Waals surface area contributed by atoms with E-state index in [0.29, 0.717) is 10.8 Å². The van der Waals surface area contributed by atoms with Crippen molar-refractivity contribution in [3.05, 3.63) is 28.8 Å². The normalized spacial score (nSPS) is 12.0. The number of nitrogens with one attached hydrogen (secondary N) is 1. The molecule has 0 saturated heterocycles. The van der Waals surface area contributed by atoms with Gasteiger partial charge in [-0.1, -0.05) is 17.7 Å². The molecule has 1 rings (SSSR count). The third-order valence-electron chi connectivity index (χ3n) is 2.53. The Kier molecular flexibility index (Phi) is 5.25. The highest BCUT2D eigenvalue weighted by Crippen LogP contribution is 2.28. The SMILES string of the molecule is CNC(CC(=O)OC)c1ccc(OC)cc1Cl. The van der Waals surface area contributed by atoms with Crippen molar-refractivity contribution in [2.45, 2.75) is 12.5 Å². The zero-order valence-electron chi connectivity index (χ0n) is 10.1. The van der Waals surface area contributed by atoms with E-state index >= 15 is 0 Å². The number of hydrogen-bond acceptors (Lipinski definition) is 4. The standard InChI is InChI=1S/C12H16ClNO3/c1-14-11(7-12(15)17-3)9-5-4-8(16-2)6-10(9)13/h4-6,11,14H,7H2,1-3H3. The lowest BCUT2D eigenvalue weighted by atomic mass is 10.0. The van der Waals surface area contributed by atoms with Crippen LogP contribution in [0.4, 0.5) is 0 Å². The zero-order chi connectivity index (χ0) is 12.8. The molecule has 4 nitrogen and oxygen atoms in total. The van der Waals surface area contributed by atoms with Crippen LogP contribution in [0.1, 0.15) is 18.0 Å². The maximum Gasteiger partial charge on any atom is 0.307 e. The van der Waals surface area contributed by atoms with Crippen molar-refractivity contribution >= 4 is 17.6 Å². The minimum Gasteiger partial charge on any atom is -0.497 e. The van der Waals surface area contributed by atoms with Crippen molar-refractivity contribution in [3.8, 4) is 5.75 Å². The van der Waals surface area contributed by atoms with Gasteiger partial charge in [0.25, 0.3) is 0 Å². The molecular formula is C12H16ClNO3. The van der Waals surface area contributed by atoms with Crippen LogP contribution < -0.4 is 10.1 Å². The summed E-state index contributed by atoms with van der Waals surface area (Å²) in [5, 5.41) is 3.60. The molecule has 0 aromatic heterocycles. The van der Waals surface area contributed by atoms with Gasteiger partial charge in [-0.25, -0.2) is 0 Å². The molecule has 0 heterocycles. The van der Waals surface area contributed by atoms with Crippen molar-refractivity contribution in [2.24, 2.45) is 0 Å². The topological polar surface area (TPSA) is 47.6 Å². The summed E-state index contributed by atoms with van der Waals surface area (Å²) >= 11 is 6.14. The molecule has 1 N–H and O–H groups in total. The Labute approximate surface area is 106 Å². The zero-order valence-corrected chi connectivity index (χ0v) is 10.9. The molecule has 1 aromatic rings. The number of rotatable bonds is 5. The number of benzene rings is 1. The predicted molar refractivity (Wildman–Crippen MR) is 66.4 cm³/mol. The van der Waals surface area contributed by atoms with E-state index < -0.39 is 0 Å². The lowest BCUT2D eigenvalue weighted by Crippen LogP contribution is -2.21. The van der Waals surface area contributed by atoms with Crippen molar-refractivity contribution in [1.29, 1.82) is 0 Å². The van der Waals surface area contributed by atoms with E-state index in [1.54, 1.807) is 20.2 Å². The summed E-state index contributed by atoms with van der Waals surface area (Å²) in [7, 11) is 4.72. The van der Waals surface area contributed by atoms with Crippen LogP contribution >= 0.6 is 11.6 Å². The highest BCUT2D eigenvalue weighted by molar-refractivity contribution is 6.31. The largest absolute Gasteiger partial charge is 0.497 e. The van der Waals surface area contributed by atoms with Gasteiger partial charge in [-0.2, -0.15) is 0 Å². The maximum atomic E-state index is 11.3. The molecule has 1 atom stereocenters. The first-order valence-corrected chi connectivity index (χ1v) is 5.57. The number of hydrogen-bond donors (Lipinski definition) is 1. The van der Waals surface area contributed by atoms with Crippen LogP contribution in [0.3, 0.4) is 0 Å². The molecule has 0 aliphatic rings. The van der Waals surface area contributed by atoms with Gasteiger partial charge in [0, 0.05) is 11.1 Å². The Morgan fingerprint density at radius 3 is 2.65 bits per heavy atom. The van der Waals surface area contributed by atoms with Crippen LogP contribution in [-0.4, -0.2) is 27.2 Å². The van der Waals surface area contributed by atoms with E-state index in [-0.39, 0.29) is 18.4 Å². The summed E-state index contributed by atoms with van der Waals surface area (Å²) in [6.45, 7) is 0. The fraction of sp³-hybridized carbons (Fsp3) is 0.417. The third kappa shape index (κ3) is 3.61. The van der Waals surface area contributed by atoms with E-state index in [1.807, 2.05) is 12.1 Å². The number of methoxy groups -OCH3 is 2. The number of esters is 1. The summed E-state index contributed by atoms with van der Waals surface area (Å²) in [5.41, 5.74) is 0.848. The van der Waals surface area contributed by atoms with Crippen LogP contribution in [0.5, 0.6) is 5.75 Å². The molecule has 0 radical (unpaired) electrons. The minimum absolute atomic E-state index is 0.166. The highest BCUT2D eigenvalue weighted by atomic mass is 35.5. The van der Waals surface area contributed by atoms with Gasteiger partial charge in [0.05, 0.1) is 20.6 Å². The highest BCUT2D eigenvalue weighted by Gasteiger charge is 2.17. The smallest absolute Gasteiger partial charge is 0.307 e. The lowest BCUT2D eigenvalue weighted by molar-refractivity contribution is -0.141. The summed E-state index contributed by atoms with van der Waals surface area (Å²) in [6.07, 6.45) is 0.235. The molecule has 5 heteroatoms. The third-order valence-corrected chi connectivity index (χ3v) is 2.86. The Balaban J connectivity index is 2.92. The van der Waals surface area contributed by atoms with Gasteiger partial charge < -0.3 is 14.8 Å². The molecular weight excluding hydrogens is 242 g/mol. The van der Waals surface area contributed by atoms with E-state index in [1.165, 1.54) is 7.11 Å². The van der Waals surface area contributed by atoms with Crippen molar-refractivity contribution in [1.82, 2.24) is 5.32 Å². The van der Waals surface area contributed by atoms with Gasteiger partial charge in [0.15, 0.2) is 0 Å². The number of ether oxygens (including phenoxy) is 2. The second-order valence-corrected chi connectivity index (χ2v) is 3.92. The fourth-order valence-electron chi connectivity index (χ4n) is 1.53. The molecule has 0 fully saturated rings. The molecule has 0 amide bonds. The second kappa shape index (κ2) is 6.47. The van der Waals surface area contributed by atoms with Crippen molar-refractivity contribution in [3.63, 3.8) is 0 Å². The van der Waals surface area contributed by atoms with Gasteiger partial charge in [-0.15, -0.1) is 0 Å². The molecule has 0 aliphatic heterocycles. The first-order valence-electron chi connectivity index (χ1n) is 5.20. The predicted octanol–water partition coefficient (Wildman–Crippen LogP) is 2.17. The van der Waals surface area contributed by atoms with E-state index in [2.05, 4.69) is 10.1 Å². The van der Waals surface area contributed by atoms with Crippen LogP contribution in [-0.2, 0) is 9.53 Å². The summed E-state index contributed by atoms with van der Waals surface area (Å²) < 4.78 is 9.71. The molecule has 17 heavy (non-hydrogen) atoms. The Morgan fingerprint density at radius 1 is 1.47 bits per heavy atom. The van der Waals surface area contributed by atoms with E-state index in [0.717, 1.165) is 5.56 Å². The molecule has 1 unspecified atom stereocenters. The fourth-order valence-corrected chi connectivity index (χ4v) is 1.84. The first-order chi connectivity index (χ1) is 8.12. The van der Waals surface area contributed by atoms with Crippen molar-refractivity contribution in [2.75, 3.05) is 21.3 Å². The molecule has 0 spiro atoms. The van der Waals surface area contributed by atoms with Gasteiger partial charge in [-0.3, -0.25) is 4.79 Å². The number of carbonyl (C=O) groups excluding carboxylic acids is 1. The Bertz CT molecular complexity index is 395. The Morgan fingerprint density at radius 2 is 2.18 bits per heavy atom. The summed E-state index contributed by atoms with van der Waals surface area (Å²) in [4.78, 5) is 11.3. The summed E-state index contributed by atoms with van der Waals surface area (Å²) in [5.74, 6) is 0.405. The van der Waals surface area contributed by atoms with Crippen molar-refractivity contribution < 1.29 is 14.3 Å². The molecule has 0 aliphatic carbocycles. The average molecular weight is 258 g/mol. The quantitative estimate of drug-likeness (QED) is 0.822. The minimum atomic E-state index is -0.281.